The van der Waals surface area contributed by atoms with Gasteiger partial charge in [0, 0.05) is 56.9 Å². The zero-order valence-electron chi connectivity index (χ0n) is 13.9. The average Bonchev–Trinajstić information content (AvgIpc) is 3.23. The summed E-state index contributed by atoms with van der Waals surface area (Å²) in [7, 11) is 1.61. The van der Waals surface area contributed by atoms with Crippen molar-refractivity contribution in [1.29, 1.82) is 0 Å². The monoisotopic (exact) mass is 338 g/mol. The van der Waals surface area contributed by atoms with Gasteiger partial charge in [-0.15, -0.1) is 0 Å². The smallest absolute Gasteiger partial charge is 0.228 e. The molecule has 0 atom stereocenters. The molecule has 0 radical (unpaired) electrons. The van der Waals surface area contributed by atoms with Crippen molar-refractivity contribution in [3.05, 3.63) is 43.1 Å². The van der Waals surface area contributed by atoms with Crippen molar-refractivity contribution in [2.75, 3.05) is 43.1 Å². The molecule has 25 heavy (non-hydrogen) atoms. The lowest BCUT2D eigenvalue weighted by Gasteiger charge is -2.35. The van der Waals surface area contributed by atoms with Crippen molar-refractivity contribution in [3.63, 3.8) is 0 Å². The van der Waals surface area contributed by atoms with E-state index in [4.69, 9.17) is 4.74 Å². The SMILES string of the molecule is COc1ccnc(N2CCN(c3cc(-n4cccn4)ncn3)CC2)n1. The van der Waals surface area contributed by atoms with E-state index < -0.39 is 0 Å². The Morgan fingerprint density at radius 1 is 0.960 bits per heavy atom. The zero-order valence-corrected chi connectivity index (χ0v) is 13.9. The maximum Gasteiger partial charge on any atom is 0.228 e. The number of anilines is 2. The topological polar surface area (TPSA) is 85.1 Å². The molecule has 1 saturated heterocycles. The quantitative estimate of drug-likeness (QED) is 0.690. The lowest BCUT2D eigenvalue weighted by atomic mass is 10.3. The third kappa shape index (κ3) is 3.21. The molecule has 0 saturated carbocycles. The van der Waals surface area contributed by atoms with Crippen LogP contribution < -0.4 is 14.5 Å². The molecule has 0 aromatic carbocycles. The fourth-order valence-corrected chi connectivity index (χ4v) is 2.77. The van der Waals surface area contributed by atoms with Gasteiger partial charge in [0.15, 0.2) is 5.82 Å². The number of rotatable bonds is 4. The summed E-state index contributed by atoms with van der Waals surface area (Å²) >= 11 is 0. The number of piperazine rings is 1. The molecule has 9 nitrogen and oxygen atoms in total. The predicted octanol–water partition coefficient (Wildman–Crippen LogP) is 0.787. The fourth-order valence-electron chi connectivity index (χ4n) is 2.77. The average molecular weight is 338 g/mol. The molecule has 0 aliphatic carbocycles. The summed E-state index contributed by atoms with van der Waals surface area (Å²) in [5.74, 6) is 2.92. The van der Waals surface area contributed by atoms with Crippen LogP contribution in [0, 0.1) is 0 Å². The van der Waals surface area contributed by atoms with E-state index in [9.17, 15) is 0 Å². The van der Waals surface area contributed by atoms with E-state index >= 15 is 0 Å². The molecule has 4 rings (SSSR count). The summed E-state index contributed by atoms with van der Waals surface area (Å²) in [5, 5.41) is 4.21. The summed E-state index contributed by atoms with van der Waals surface area (Å²) in [4.78, 5) is 21.8. The molecular weight excluding hydrogens is 320 g/mol. The van der Waals surface area contributed by atoms with Crippen LogP contribution in [0.15, 0.2) is 43.1 Å². The maximum absolute atomic E-state index is 5.17. The summed E-state index contributed by atoms with van der Waals surface area (Å²) in [6.45, 7) is 3.29. The van der Waals surface area contributed by atoms with Crippen molar-refractivity contribution in [3.8, 4) is 11.7 Å². The van der Waals surface area contributed by atoms with Gasteiger partial charge in [0.25, 0.3) is 0 Å². The lowest BCUT2D eigenvalue weighted by molar-refractivity contribution is 0.396. The summed E-state index contributed by atoms with van der Waals surface area (Å²) in [5.41, 5.74) is 0. The predicted molar refractivity (Wildman–Crippen MR) is 92.2 cm³/mol. The molecule has 1 fully saturated rings. The van der Waals surface area contributed by atoms with Crippen molar-refractivity contribution >= 4 is 11.8 Å². The van der Waals surface area contributed by atoms with E-state index in [2.05, 4.69) is 34.8 Å². The molecule has 0 spiro atoms. The third-order valence-electron chi connectivity index (χ3n) is 4.09. The van der Waals surface area contributed by atoms with Gasteiger partial charge < -0.3 is 14.5 Å². The van der Waals surface area contributed by atoms with E-state index in [0.717, 1.165) is 37.8 Å². The first-order chi connectivity index (χ1) is 12.3. The normalized spacial score (nSPS) is 14.6. The second-order valence-electron chi connectivity index (χ2n) is 5.56. The van der Waals surface area contributed by atoms with Crippen LogP contribution in [0.5, 0.6) is 5.88 Å². The zero-order chi connectivity index (χ0) is 17.1. The Bertz CT molecular complexity index is 830. The van der Waals surface area contributed by atoms with E-state index in [0.29, 0.717) is 11.8 Å². The first-order valence-corrected chi connectivity index (χ1v) is 8.02. The van der Waals surface area contributed by atoms with Crippen molar-refractivity contribution in [2.45, 2.75) is 0 Å². The number of ether oxygens (including phenoxy) is 1. The van der Waals surface area contributed by atoms with Crippen LogP contribution in [-0.4, -0.2) is 63.0 Å². The van der Waals surface area contributed by atoms with Crippen LogP contribution in [0.3, 0.4) is 0 Å². The molecule has 3 aromatic rings. The van der Waals surface area contributed by atoms with Crippen LogP contribution in [-0.2, 0) is 0 Å². The second-order valence-corrected chi connectivity index (χ2v) is 5.56. The van der Waals surface area contributed by atoms with Crippen LogP contribution in [0.25, 0.3) is 5.82 Å². The highest BCUT2D eigenvalue weighted by atomic mass is 16.5. The van der Waals surface area contributed by atoms with Gasteiger partial charge in [-0.2, -0.15) is 10.1 Å². The van der Waals surface area contributed by atoms with E-state index in [1.54, 1.807) is 36.6 Å². The fraction of sp³-hybridized carbons (Fsp3) is 0.312. The maximum atomic E-state index is 5.17. The van der Waals surface area contributed by atoms with Crippen LogP contribution in [0.4, 0.5) is 11.8 Å². The largest absolute Gasteiger partial charge is 0.481 e. The number of aromatic nitrogens is 6. The number of hydrogen-bond acceptors (Lipinski definition) is 8. The van der Waals surface area contributed by atoms with Gasteiger partial charge in [-0.3, -0.25) is 0 Å². The Labute approximate surface area is 144 Å². The Kier molecular flexibility index (Phi) is 4.11. The highest BCUT2D eigenvalue weighted by Gasteiger charge is 2.20. The highest BCUT2D eigenvalue weighted by molar-refractivity contribution is 5.45. The minimum Gasteiger partial charge on any atom is -0.481 e. The Hall–Kier alpha value is -3.23. The molecule has 0 unspecified atom stereocenters. The lowest BCUT2D eigenvalue weighted by Crippen LogP contribution is -2.47. The molecule has 4 heterocycles. The molecule has 9 heteroatoms. The number of methoxy groups -OCH3 is 1. The van der Waals surface area contributed by atoms with Gasteiger partial charge in [0.1, 0.15) is 12.1 Å². The molecule has 1 aliphatic heterocycles. The van der Waals surface area contributed by atoms with Gasteiger partial charge >= 0.3 is 0 Å². The van der Waals surface area contributed by atoms with Gasteiger partial charge in [-0.1, -0.05) is 0 Å². The minimum absolute atomic E-state index is 0.576. The standard InChI is InChI=1S/C16H18N8O/c1-25-15-3-5-17-16(21-15)23-9-7-22(8-10-23)13-11-14(19-12-18-13)24-6-2-4-20-24/h2-6,11-12H,7-10H2,1H3. The Balaban J connectivity index is 1.46. The number of nitrogens with zero attached hydrogens (tertiary/aromatic N) is 8. The minimum atomic E-state index is 0.576. The molecule has 0 amide bonds. The molecule has 128 valence electrons. The van der Waals surface area contributed by atoms with E-state index in [-0.39, 0.29) is 0 Å². The first kappa shape index (κ1) is 15.3. The van der Waals surface area contributed by atoms with Gasteiger partial charge in [0.2, 0.25) is 11.8 Å². The van der Waals surface area contributed by atoms with E-state index in [1.165, 1.54) is 0 Å². The van der Waals surface area contributed by atoms with Crippen LogP contribution >= 0.6 is 0 Å². The van der Waals surface area contributed by atoms with Crippen molar-refractivity contribution < 1.29 is 4.74 Å². The van der Waals surface area contributed by atoms with Gasteiger partial charge in [0.05, 0.1) is 7.11 Å². The van der Waals surface area contributed by atoms with Crippen molar-refractivity contribution in [1.82, 2.24) is 29.7 Å². The number of hydrogen-bond donors (Lipinski definition) is 0. The Morgan fingerprint density at radius 2 is 1.76 bits per heavy atom. The van der Waals surface area contributed by atoms with E-state index in [1.807, 2.05) is 18.3 Å². The third-order valence-corrected chi connectivity index (χ3v) is 4.09. The molecule has 1 aliphatic rings. The Morgan fingerprint density at radius 3 is 2.52 bits per heavy atom. The molecule has 0 N–H and O–H groups in total. The summed E-state index contributed by atoms with van der Waals surface area (Å²) in [6, 6.07) is 5.57. The van der Waals surface area contributed by atoms with Crippen LogP contribution in [0.1, 0.15) is 0 Å². The summed E-state index contributed by atoms with van der Waals surface area (Å²) in [6.07, 6.45) is 6.89. The van der Waals surface area contributed by atoms with Crippen molar-refractivity contribution in [2.24, 2.45) is 0 Å². The molecular formula is C16H18N8O. The van der Waals surface area contributed by atoms with Gasteiger partial charge in [-0.25, -0.2) is 19.6 Å². The molecule has 3 aromatic heterocycles. The highest BCUT2D eigenvalue weighted by Crippen LogP contribution is 2.18. The summed E-state index contributed by atoms with van der Waals surface area (Å²) < 4.78 is 6.90. The molecule has 0 bridgehead atoms. The second kappa shape index (κ2) is 6.71. The first-order valence-electron chi connectivity index (χ1n) is 8.02. The van der Waals surface area contributed by atoms with Gasteiger partial charge in [-0.05, 0) is 6.07 Å². The van der Waals surface area contributed by atoms with Crippen LogP contribution in [0.2, 0.25) is 0 Å².